The van der Waals surface area contributed by atoms with Gasteiger partial charge in [0.1, 0.15) is 0 Å². The normalized spacial score (nSPS) is 42.8. The lowest BCUT2D eigenvalue weighted by Gasteiger charge is -2.36. The van der Waals surface area contributed by atoms with Crippen LogP contribution >= 0.6 is 12.6 Å². The molecule has 0 radical (unpaired) electrons. The molecule has 14 heavy (non-hydrogen) atoms. The second kappa shape index (κ2) is 4.19. The zero-order chi connectivity index (χ0) is 10.1. The average Bonchev–Trinajstić information content (AvgIpc) is 2.13. The van der Waals surface area contributed by atoms with Crippen molar-refractivity contribution < 1.29 is 0 Å². The van der Waals surface area contributed by atoms with Crippen molar-refractivity contribution in [2.75, 3.05) is 0 Å². The second-order valence-corrected chi connectivity index (χ2v) is 5.71. The van der Waals surface area contributed by atoms with E-state index in [1.54, 1.807) is 0 Å². The van der Waals surface area contributed by atoms with Gasteiger partial charge in [0, 0.05) is 17.1 Å². The average molecular weight is 208 g/mol. The van der Waals surface area contributed by atoms with Gasteiger partial charge in [0.05, 0.1) is 0 Å². The van der Waals surface area contributed by atoms with Crippen LogP contribution in [0.2, 0.25) is 0 Å². The van der Waals surface area contributed by atoms with Crippen LogP contribution in [0.1, 0.15) is 39.5 Å². The van der Waals surface area contributed by atoms with Gasteiger partial charge in [0.2, 0.25) is 0 Å². The van der Waals surface area contributed by atoms with E-state index in [-0.39, 0.29) is 0 Å². The largest absolute Gasteiger partial charge is 0.176 e. The van der Waals surface area contributed by atoms with Gasteiger partial charge in [-0.2, -0.15) is 12.6 Å². The Morgan fingerprint density at radius 2 is 2.00 bits per heavy atom. The minimum absolute atomic E-state index is 0.569. The van der Waals surface area contributed by atoms with Crippen LogP contribution in [0.25, 0.3) is 0 Å². The van der Waals surface area contributed by atoms with Gasteiger partial charge in [-0.25, -0.2) is 0 Å². The molecule has 78 valence electrons. The van der Waals surface area contributed by atoms with E-state index < -0.39 is 0 Å². The van der Waals surface area contributed by atoms with Crippen molar-refractivity contribution in [1.29, 1.82) is 0 Å². The quantitative estimate of drug-likeness (QED) is 0.495. The summed E-state index contributed by atoms with van der Waals surface area (Å²) in [6, 6.07) is 0. The van der Waals surface area contributed by atoms with Crippen molar-refractivity contribution in [1.82, 2.24) is 0 Å². The van der Waals surface area contributed by atoms with E-state index in [9.17, 15) is 0 Å². The zero-order valence-corrected chi connectivity index (χ0v) is 10.1. The molecule has 0 aromatic rings. The summed E-state index contributed by atoms with van der Waals surface area (Å²) in [4.78, 5) is 0. The van der Waals surface area contributed by atoms with Crippen LogP contribution in [0.5, 0.6) is 0 Å². The van der Waals surface area contributed by atoms with E-state index >= 15 is 0 Å². The molecule has 0 amide bonds. The summed E-state index contributed by atoms with van der Waals surface area (Å²) in [5.74, 6) is 9.79. The first-order valence-corrected chi connectivity index (χ1v) is 6.39. The van der Waals surface area contributed by atoms with E-state index in [1.807, 2.05) is 0 Å². The molecule has 2 saturated carbocycles. The zero-order valence-electron chi connectivity index (χ0n) is 9.16. The third kappa shape index (κ3) is 1.96. The molecule has 0 aromatic carbocycles. The van der Waals surface area contributed by atoms with E-state index in [2.05, 4.69) is 38.3 Å². The van der Waals surface area contributed by atoms with Crippen LogP contribution in [0.15, 0.2) is 0 Å². The highest BCUT2D eigenvalue weighted by atomic mass is 32.1. The minimum atomic E-state index is 0.569. The molecule has 5 unspecified atom stereocenters. The highest BCUT2D eigenvalue weighted by Gasteiger charge is 2.31. The molecular formula is C13H20S. The van der Waals surface area contributed by atoms with E-state index in [1.165, 1.54) is 25.7 Å². The SMILES string of the molecule is CC(C#CC1CCC1C)C1CCC1S. The molecule has 0 bridgehead atoms. The smallest absolute Gasteiger partial charge is 0.0228 e. The van der Waals surface area contributed by atoms with Crippen LogP contribution in [0, 0.1) is 35.5 Å². The topological polar surface area (TPSA) is 0 Å². The Labute approximate surface area is 93.3 Å². The van der Waals surface area contributed by atoms with Crippen LogP contribution in [-0.2, 0) is 0 Å². The maximum absolute atomic E-state index is 4.55. The lowest BCUT2D eigenvalue weighted by molar-refractivity contribution is 0.258. The molecule has 0 aromatic heterocycles. The van der Waals surface area contributed by atoms with Crippen molar-refractivity contribution in [3.63, 3.8) is 0 Å². The summed E-state index contributed by atoms with van der Waals surface area (Å²) >= 11 is 4.55. The van der Waals surface area contributed by atoms with Gasteiger partial charge in [-0.05, 0) is 37.5 Å². The first-order chi connectivity index (χ1) is 6.68. The van der Waals surface area contributed by atoms with Crippen molar-refractivity contribution >= 4 is 12.6 Å². The molecule has 5 atom stereocenters. The molecule has 0 N–H and O–H groups in total. The highest BCUT2D eigenvalue weighted by Crippen LogP contribution is 2.38. The standard InChI is InChI=1S/C13H20S/c1-9-3-5-11(9)6-4-10(2)12-7-8-13(12)14/h9-14H,3,5,7-8H2,1-2H3. The molecule has 0 spiro atoms. The Morgan fingerprint density at radius 1 is 1.21 bits per heavy atom. The Balaban J connectivity index is 1.83. The molecule has 0 saturated heterocycles. The summed E-state index contributed by atoms with van der Waals surface area (Å²) in [6.07, 6.45) is 5.34. The van der Waals surface area contributed by atoms with Crippen LogP contribution < -0.4 is 0 Å². The van der Waals surface area contributed by atoms with Gasteiger partial charge in [-0.15, -0.1) is 0 Å². The van der Waals surface area contributed by atoms with E-state index in [0.29, 0.717) is 17.1 Å². The summed E-state index contributed by atoms with van der Waals surface area (Å²) in [5.41, 5.74) is 0. The molecule has 2 fully saturated rings. The first kappa shape index (κ1) is 10.4. The second-order valence-electron chi connectivity index (χ2n) is 5.05. The number of hydrogen-bond acceptors (Lipinski definition) is 1. The highest BCUT2D eigenvalue weighted by molar-refractivity contribution is 7.81. The fraction of sp³-hybridized carbons (Fsp3) is 0.846. The van der Waals surface area contributed by atoms with Crippen molar-refractivity contribution in [3.8, 4) is 11.8 Å². The molecular weight excluding hydrogens is 188 g/mol. The molecule has 2 rings (SSSR count). The maximum atomic E-state index is 4.55. The summed E-state index contributed by atoms with van der Waals surface area (Å²) < 4.78 is 0. The number of thiol groups is 1. The van der Waals surface area contributed by atoms with Gasteiger partial charge in [-0.1, -0.05) is 25.7 Å². The Kier molecular flexibility index (Phi) is 3.12. The lowest BCUT2D eigenvalue weighted by atomic mass is 9.73. The van der Waals surface area contributed by atoms with Gasteiger partial charge in [-0.3, -0.25) is 0 Å². The van der Waals surface area contributed by atoms with Crippen molar-refractivity contribution in [2.24, 2.45) is 23.7 Å². The number of hydrogen-bond donors (Lipinski definition) is 1. The fourth-order valence-electron chi connectivity index (χ4n) is 2.32. The molecule has 0 nitrogen and oxygen atoms in total. The monoisotopic (exact) mass is 208 g/mol. The predicted octanol–water partition coefficient (Wildman–Crippen LogP) is 3.38. The van der Waals surface area contributed by atoms with Gasteiger partial charge < -0.3 is 0 Å². The summed E-state index contributed by atoms with van der Waals surface area (Å²) in [5, 5.41) is 0.623. The molecule has 2 aliphatic rings. The van der Waals surface area contributed by atoms with Crippen LogP contribution in [0.4, 0.5) is 0 Å². The first-order valence-electron chi connectivity index (χ1n) is 5.87. The Bertz CT molecular complexity index is 260. The molecule has 0 heterocycles. The lowest BCUT2D eigenvalue weighted by Crippen LogP contribution is -2.31. The Morgan fingerprint density at radius 3 is 2.36 bits per heavy atom. The predicted molar refractivity (Wildman–Crippen MR) is 64.3 cm³/mol. The van der Waals surface area contributed by atoms with Crippen molar-refractivity contribution in [2.45, 2.75) is 44.8 Å². The van der Waals surface area contributed by atoms with Crippen molar-refractivity contribution in [3.05, 3.63) is 0 Å². The third-order valence-corrected chi connectivity index (χ3v) is 4.69. The third-order valence-electron chi connectivity index (χ3n) is 4.05. The van der Waals surface area contributed by atoms with E-state index in [0.717, 1.165) is 11.8 Å². The molecule has 2 aliphatic carbocycles. The summed E-state index contributed by atoms with van der Waals surface area (Å²) in [6.45, 7) is 4.58. The number of rotatable bonds is 1. The Hall–Kier alpha value is -0.0900. The summed E-state index contributed by atoms with van der Waals surface area (Å²) in [7, 11) is 0. The maximum Gasteiger partial charge on any atom is 0.0228 e. The van der Waals surface area contributed by atoms with E-state index in [4.69, 9.17) is 0 Å². The van der Waals surface area contributed by atoms with Crippen LogP contribution in [-0.4, -0.2) is 5.25 Å². The molecule has 1 heteroatoms. The fourth-order valence-corrected chi connectivity index (χ4v) is 2.87. The van der Waals surface area contributed by atoms with Gasteiger partial charge in [0.25, 0.3) is 0 Å². The molecule has 0 aliphatic heterocycles. The minimum Gasteiger partial charge on any atom is -0.176 e. The van der Waals surface area contributed by atoms with Gasteiger partial charge >= 0.3 is 0 Å². The van der Waals surface area contributed by atoms with Crippen LogP contribution in [0.3, 0.4) is 0 Å². The van der Waals surface area contributed by atoms with Gasteiger partial charge in [0.15, 0.2) is 0 Å².